The van der Waals surface area contributed by atoms with Crippen molar-refractivity contribution in [2.24, 2.45) is 5.73 Å². The third kappa shape index (κ3) is 3.76. The summed E-state index contributed by atoms with van der Waals surface area (Å²) in [5, 5.41) is 9.17. The van der Waals surface area contributed by atoms with Crippen molar-refractivity contribution in [2.75, 3.05) is 6.54 Å². The number of rotatable bonds is 4. The zero-order valence-electron chi connectivity index (χ0n) is 7.61. The van der Waals surface area contributed by atoms with Gasteiger partial charge in [0.1, 0.15) is 5.75 Å². The van der Waals surface area contributed by atoms with Crippen molar-refractivity contribution in [1.29, 1.82) is 0 Å². The zero-order valence-corrected chi connectivity index (χ0v) is 7.61. The van der Waals surface area contributed by atoms with Crippen LogP contribution in [-0.2, 0) is 6.42 Å². The highest BCUT2D eigenvalue weighted by Gasteiger charge is 1.90. The second kappa shape index (κ2) is 5.38. The molecule has 2 heteroatoms. The summed E-state index contributed by atoms with van der Waals surface area (Å²) in [6.07, 6.45) is 5.90. The second-order valence-electron chi connectivity index (χ2n) is 2.92. The molecular formula is C11H15NO. The molecule has 3 N–H and O–H groups in total. The number of phenolic OH excluding ortho intramolecular Hbond substituents is 1. The van der Waals surface area contributed by atoms with Crippen LogP contribution in [-0.4, -0.2) is 11.7 Å². The first-order valence-electron chi connectivity index (χ1n) is 4.46. The molecule has 0 aliphatic heterocycles. The molecule has 0 aromatic heterocycles. The van der Waals surface area contributed by atoms with E-state index in [0.29, 0.717) is 12.3 Å². The van der Waals surface area contributed by atoms with Crippen molar-refractivity contribution in [3.63, 3.8) is 0 Å². The van der Waals surface area contributed by atoms with Gasteiger partial charge in [0.25, 0.3) is 0 Å². The molecule has 0 bridgehead atoms. The molecule has 0 spiro atoms. The fourth-order valence-corrected chi connectivity index (χ4v) is 1.12. The molecule has 13 heavy (non-hydrogen) atoms. The van der Waals surface area contributed by atoms with Crippen LogP contribution in [0.1, 0.15) is 12.0 Å². The Labute approximate surface area is 78.7 Å². The summed E-state index contributed by atoms with van der Waals surface area (Å²) in [5.41, 5.74) is 6.46. The molecule has 0 saturated heterocycles. The third-order valence-electron chi connectivity index (χ3n) is 1.76. The van der Waals surface area contributed by atoms with Crippen LogP contribution in [0.5, 0.6) is 5.75 Å². The fourth-order valence-electron chi connectivity index (χ4n) is 1.12. The van der Waals surface area contributed by atoms with Gasteiger partial charge >= 0.3 is 0 Å². The molecule has 0 fully saturated rings. The van der Waals surface area contributed by atoms with E-state index in [0.717, 1.165) is 18.4 Å². The van der Waals surface area contributed by atoms with Gasteiger partial charge in [-0.1, -0.05) is 24.3 Å². The summed E-state index contributed by atoms with van der Waals surface area (Å²) >= 11 is 0. The maximum absolute atomic E-state index is 9.17. The Morgan fingerprint density at radius 1 is 1.31 bits per heavy atom. The lowest BCUT2D eigenvalue weighted by molar-refractivity contribution is 0.474. The first-order valence-corrected chi connectivity index (χ1v) is 4.46. The third-order valence-corrected chi connectivity index (χ3v) is 1.76. The van der Waals surface area contributed by atoms with Crippen molar-refractivity contribution in [2.45, 2.75) is 12.8 Å². The first kappa shape index (κ1) is 9.81. The number of phenols is 1. The van der Waals surface area contributed by atoms with E-state index >= 15 is 0 Å². The van der Waals surface area contributed by atoms with Crippen molar-refractivity contribution < 1.29 is 5.11 Å². The van der Waals surface area contributed by atoms with E-state index in [1.807, 2.05) is 12.1 Å². The van der Waals surface area contributed by atoms with E-state index in [-0.39, 0.29) is 0 Å². The standard InChI is InChI=1S/C11H15NO/c12-8-3-1-2-5-10-6-4-7-11(13)9-10/h1-2,4,6-7,9,13H,3,5,8,12H2. The van der Waals surface area contributed by atoms with E-state index in [9.17, 15) is 5.11 Å². The number of aromatic hydroxyl groups is 1. The molecule has 0 unspecified atom stereocenters. The summed E-state index contributed by atoms with van der Waals surface area (Å²) in [7, 11) is 0. The average molecular weight is 177 g/mol. The van der Waals surface area contributed by atoms with Crippen molar-refractivity contribution in [3.8, 4) is 5.75 Å². The van der Waals surface area contributed by atoms with Gasteiger partial charge in [-0.3, -0.25) is 0 Å². The SMILES string of the molecule is NCCC=CCc1cccc(O)c1. The van der Waals surface area contributed by atoms with Crippen LogP contribution in [0.15, 0.2) is 36.4 Å². The van der Waals surface area contributed by atoms with Crippen LogP contribution in [0, 0.1) is 0 Å². The predicted molar refractivity (Wildman–Crippen MR) is 54.6 cm³/mol. The summed E-state index contributed by atoms with van der Waals surface area (Å²) < 4.78 is 0. The minimum atomic E-state index is 0.324. The fraction of sp³-hybridized carbons (Fsp3) is 0.273. The number of hydrogen-bond acceptors (Lipinski definition) is 2. The molecule has 0 aliphatic carbocycles. The van der Waals surface area contributed by atoms with Gasteiger partial charge in [-0.05, 0) is 37.1 Å². The van der Waals surface area contributed by atoms with E-state index in [4.69, 9.17) is 5.73 Å². The topological polar surface area (TPSA) is 46.2 Å². The Kier molecular flexibility index (Phi) is 4.06. The van der Waals surface area contributed by atoms with Gasteiger partial charge in [0, 0.05) is 0 Å². The first-order chi connectivity index (χ1) is 6.33. The minimum Gasteiger partial charge on any atom is -0.508 e. The number of benzene rings is 1. The van der Waals surface area contributed by atoms with Gasteiger partial charge in [-0.2, -0.15) is 0 Å². The lowest BCUT2D eigenvalue weighted by Gasteiger charge is -1.96. The molecule has 1 rings (SSSR count). The van der Waals surface area contributed by atoms with Gasteiger partial charge in [0.2, 0.25) is 0 Å². The summed E-state index contributed by atoms with van der Waals surface area (Å²) in [6, 6.07) is 7.29. The summed E-state index contributed by atoms with van der Waals surface area (Å²) in [5.74, 6) is 0.324. The van der Waals surface area contributed by atoms with Crippen LogP contribution in [0.25, 0.3) is 0 Å². The van der Waals surface area contributed by atoms with Gasteiger partial charge in [-0.15, -0.1) is 0 Å². The largest absolute Gasteiger partial charge is 0.508 e. The van der Waals surface area contributed by atoms with Gasteiger partial charge in [0.15, 0.2) is 0 Å². The maximum Gasteiger partial charge on any atom is 0.115 e. The molecule has 0 amide bonds. The monoisotopic (exact) mass is 177 g/mol. The Morgan fingerprint density at radius 2 is 2.15 bits per heavy atom. The van der Waals surface area contributed by atoms with Gasteiger partial charge in [-0.25, -0.2) is 0 Å². The summed E-state index contributed by atoms with van der Waals surface area (Å²) in [6.45, 7) is 0.691. The van der Waals surface area contributed by atoms with Crippen LogP contribution in [0.4, 0.5) is 0 Å². The molecule has 0 saturated carbocycles. The van der Waals surface area contributed by atoms with E-state index in [2.05, 4.69) is 12.2 Å². The smallest absolute Gasteiger partial charge is 0.115 e. The molecule has 2 nitrogen and oxygen atoms in total. The number of hydrogen-bond donors (Lipinski definition) is 2. The van der Waals surface area contributed by atoms with Crippen LogP contribution < -0.4 is 5.73 Å². The van der Waals surface area contributed by atoms with Crippen LogP contribution >= 0.6 is 0 Å². The lowest BCUT2D eigenvalue weighted by Crippen LogP contribution is -1.95. The Bertz CT molecular complexity index is 281. The zero-order chi connectivity index (χ0) is 9.52. The Hall–Kier alpha value is -1.28. The van der Waals surface area contributed by atoms with E-state index in [1.165, 1.54) is 0 Å². The molecule has 0 atom stereocenters. The van der Waals surface area contributed by atoms with Gasteiger partial charge < -0.3 is 10.8 Å². The predicted octanol–water partition coefficient (Wildman–Crippen LogP) is 1.84. The Morgan fingerprint density at radius 3 is 2.85 bits per heavy atom. The quantitative estimate of drug-likeness (QED) is 0.689. The van der Waals surface area contributed by atoms with Crippen LogP contribution in [0.3, 0.4) is 0 Å². The normalized spacial score (nSPS) is 10.8. The number of allylic oxidation sites excluding steroid dienone is 1. The van der Waals surface area contributed by atoms with E-state index in [1.54, 1.807) is 12.1 Å². The summed E-state index contributed by atoms with van der Waals surface area (Å²) in [4.78, 5) is 0. The van der Waals surface area contributed by atoms with Crippen molar-refractivity contribution >= 4 is 0 Å². The Balaban J connectivity index is 2.45. The molecule has 70 valence electrons. The van der Waals surface area contributed by atoms with Crippen molar-refractivity contribution in [3.05, 3.63) is 42.0 Å². The van der Waals surface area contributed by atoms with E-state index < -0.39 is 0 Å². The average Bonchev–Trinajstić information content (AvgIpc) is 2.13. The molecule has 1 aromatic rings. The van der Waals surface area contributed by atoms with Crippen molar-refractivity contribution in [1.82, 2.24) is 0 Å². The molecular weight excluding hydrogens is 162 g/mol. The lowest BCUT2D eigenvalue weighted by atomic mass is 10.1. The number of nitrogens with two attached hydrogens (primary N) is 1. The molecule has 1 aromatic carbocycles. The maximum atomic E-state index is 9.17. The molecule has 0 radical (unpaired) electrons. The highest BCUT2D eigenvalue weighted by atomic mass is 16.3. The van der Waals surface area contributed by atoms with Gasteiger partial charge in [0.05, 0.1) is 0 Å². The van der Waals surface area contributed by atoms with Crippen LogP contribution in [0.2, 0.25) is 0 Å². The highest BCUT2D eigenvalue weighted by Crippen LogP contribution is 2.11. The second-order valence-corrected chi connectivity index (χ2v) is 2.92. The molecule has 0 heterocycles. The molecule has 0 aliphatic rings. The minimum absolute atomic E-state index is 0.324. The highest BCUT2D eigenvalue weighted by molar-refractivity contribution is 5.28.